The van der Waals surface area contributed by atoms with E-state index in [-0.39, 0.29) is 24.8 Å². The van der Waals surface area contributed by atoms with Crippen molar-refractivity contribution < 1.29 is 9.59 Å². The fourth-order valence-corrected chi connectivity index (χ4v) is 1.46. The first-order valence-corrected chi connectivity index (χ1v) is 5.99. The van der Waals surface area contributed by atoms with E-state index >= 15 is 0 Å². The minimum absolute atomic E-state index is 0.194. The lowest BCUT2D eigenvalue weighted by Gasteiger charge is -2.04. The summed E-state index contributed by atoms with van der Waals surface area (Å²) in [6.07, 6.45) is 0.802. The van der Waals surface area contributed by atoms with Crippen molar-refractivity contribution in [2.24, 2.45) is 11.5 Å². The molecule has 0 radical (unpaired) electrons. The van der Waals surface area contributed by atoms with Gasteiger partial charge in [0.25, 0.3) is 5.91 Å². The van der Waals surface area contributed by atoms with Gasteiger partial charge in [0.2, 0.25) is 5.91 Å². The van der Waals surface area contributed by atoms with E-state index in [0.717, 1.165) is 5.56 Å². The van der Waals surface area contributed by atoms with Crippen LogP contribution in [0.5, 0.6) is 0 Å². The molecule has 5 heteroatoms. The van der Waals surface area contributed by atoms with Crippen molar-refractivity contribution in [2.45, 2.75) is 12.8 Å². The van der Waals surface area contributed by atoms with Crippen molar-refractivity contribution in [3.8, 4) is 11.8 Å². The van der Waals surface area contributed by atoms with E-state index in [9.17, 15) is 9.59 Å². The first-order chi connectivity index (χ1) is 9.13. The van der Waals surface area contributed by atoms with Gasteiger partial charge >= 0.3 is 0 Å². The maximum Gasteiger partial charge on any atom is 0.251 e. The number of primary amides is 1. The zero-order valence-electron chi connectivity index (χ0n) is 10.6. The SMILES string of the molecule is NCC#Cc1cccc(C(=O)NCCCC(N)=O)c1. The van der Waals surface area contributed by atoms with Gasteiger partial charge in [-0.1, -0.05) is 17.9 Å². The van der Waals surface area contributed by atoms with Crippen LogP contribution in [-0.2, 0) is 4.79 Å². The molecule has 0 fully saturated rings. The number of nitrogens with two attached hydrogens (primary N) is 2. The van der Waals surface area contributed by atoms with E-state index in [1.165, 1.54) is 0 Å². The molecule has 0 aromatic heterocycles. The molecule has 1 aromatic rings. The quantitative estimate of drug-likeness (QED) is 0.512. The van der Waals surface area contributed by atoms with Gasteiger partial charge in [0, 0.05) is 24.1 Å². The maximum atomic E-state index is 11.8. The van der Waals surface area contributed by atoms with Gasteiger partial charge in [-0.15, -0.1) is 0 Å². The van der Waals surface area contributed by atoms with Crippen LogP contribution in [0.2, 0.25) is 0 Å². The van der Waals surface area contributed by atoms with Crippen molar-refractivity contribution in [1.82, 2.24) is 5.32 Å². The number of carbonyl (C=O) groups excluding carboxylic acids is 2. The lowest BCUT2D eigenvalue weighted by Crippen LogP contribution is -2.25. The Kier molecular flexibility index (Phi) is 6.13. The molecule has 0 aliphatic rings. The molecule has 1 rings (SSSR count). The van der Waals surface area contributed by atoms with Gasteiger partial charge < -0.3 is 16.8 Å². The van der Waals surface area contributed by atoms with Crippen molar-refractivity contribution >= 4 is 11.8 Å². The van der Waals surface area contributed by atoms with Crippen LogP contribution in [0, 0.1) is 11.8 Å². The molecule has 1 aromatic carbocycles. The standard InChI is InChI=1S/C14H17N3O2/c15-8-2-5-11-4-1-6-12(10-11)14(19)17-9-3-7-13(16)18/h1,4,6,10H,3,7-9,15H2,(H2,16,18)(H,17,19). The highest BCUT2D eigenvalue weighted by Crippen LogP contribution is 2.04. The second kappa shape index (κ2) is 7.90. The number of carbonyl (C=O) groups is 2. The summed E-state index contributed by atoms with van der Waals surface area (Å²) in [6, 6.07) is 6.98. The Balaban J connectivity index is 2.54. The number of benzene rings is 1. The summed E-state index contributed by atoms with van der Waals surface area (Å²) in [5, 5.41) is 2.72. The fraction of sp³-hybridized carbons (Fsp3) is 0.286. The average Bonchev–Trinajstić information content (AvgIpc) is 2.41. The smallest absolute Gasteiger partial charge is 0.251 e. The number of hydrogen-bond donors (Lipinski definition) is 3. The summed E-state index contributed by atoms with van der Waals surface area (Å²) in [5.41, 5.74) is 11.6. The minimum Gasteiger partial charge on any atom is -0.370 e. The largest absolute Gasteiger partial charge is 0.370 e. The number of nitrogens with one attached hydrogen (secondary N) is 1. The Morgan fingerprint density at radius 3 is 2.79 bits per heavy atom. The predicted octanol–water partition coefficient (Wildman–Crippen LogP) is -0.00790. The second-order valence-corrected chi connectivity index (χ2v) is 3.91. The van der Waals surface area contributed by atoms with Crippen molar-refractivity contribution in [2.75, 3.05) is 13.1 Å². The maximum absolute atomic E-state index is 11.8. The van der Waals surface area contributed by atoms with Gasteiger partial charge in [-0.25, -0.2) is 0 Å². The molecule has 100 valence electrons. The average molecular weight is 259 g/mol. The van der Waals surface area contributed by atoms with E-state index in [4.69, 9.17) is 11.5 Å². The van der Waals surface area contributed by atoms with Crippen LogP contribution in [-0.4, -0.2) is 24.9 Å². The molecule has 0 aliphatic carbocycles. The van der Waals surface area contributed by atoms with Crippen LogP contribution in [0.15, 0.2) is 24.3 Å². The Labute approximate surface area is 112 Å². The Morgan fingerprint density at radius 1 is 1.32 bits per heavy atom. The lowest BCUT2D eigenvalue weighted by atomic mass is 10.1. The first-order valence-electron chi connectivity index (χ1n) is 5.99. The highest BCUT2D eigenvalue weighted by Gasteiger charge is 2.05. The van der Waals surface area contributed by atoms with Gasteiger partial charge in [-0.05, 0) is 24.6 Å². The summed E-state index contributed by atoms with van der Waals surface area (Å²) in [6.45, 7) is 0.698. The van der Waals surface area contributed by atoms with Gasteiger partial charge in [-0.3, -0.25) is 9.59 Å². The molecule has 5 N–H and O–H groups in total. The Morgan fingerprint density at radius 2 is 2.11 bits per heavy atom. The second-order valence-electron chi connectivity index (χ2n) is 3.91. The zero-order valence-corrected chi connectivity index (χ0v) is 10.6. The van der Waals surface area contributed by atoms with Crippen LogP contribution in [0.25, 0.3) is 0 Å². The molecule has 0 saturated carbocycles. The number of amides is 2. The molecular formula is C14H17N3O2. The summed E-state index contributed by atoms with van der Waals surface area (Å²) in [7, 11) is 0. The first kappa shape index (κ1) is 14.7. The molecule has 2 amide bonds. The third-order valence-corrected chi connectivity index (χ3v) is 2.35. The van der Waals surface area contributed by atoms with Crippen LogP contribution in [0.3, 0.4) is 0 Å². The van der Waals surface area contributed by atoms with E-state index < -0.39 is 0 Å². The van der Waals surface area contributed by atoms with Gasteiger partial charge in [0.1, 0.15) is 0 Å². The van der Waals surface area contributed by atoms with Crippen LogP contribution in [0.4, 0.5) is 0 Å². The molecule has 0 spiro atoms. The van der Waals surface area contributed by atoms with Crippen molar-refractivity contribution in [1.29, 1.82) is 0 Å². The molecule has 0 unspecified atom stereocenters. The summed E-state index contributed by atoms with van der Waals surface area (Å²) < 4.78 is 0. The topological polar surface area (TPSA) is 98.2 Å². The highest BCUT2D eigenvalue weighted by molar-refractivity contribution is 5.94. The van der Waals surface area contributed by atoms with Crippen LogP contribution < -0.4 is 16.8 Å². The molecule has 19 heavy (non-hydrogen) atoms. The molecular weight excluding hydrogens is 242 g/mol. The third-order valence-electron chi connectivity index (χ3n) is 2.35. The molecule has 0 saturated heterocycles. The van der Waals surface area contributed by atoms with Crippen molar-refractivity contribution in [3.05, 3.63) is 35.4 Å². The van der Waals surface area contributed by atoms with E-state index in [1.54, 1.807) is 18.2 Å². The van der Waals surface area contributed by atoms with Gasteiger partial charge in [-0.2, -0.15) is 0 Å². The molecule has 0 aliphatic heterocycles. The van der Waals surface area contributed by atoms with Crippen LogP contribution in [0.1, 0.15) is 28.8 Å². The Bertz CT molecular complexity index is 515. The van der Waals surface area contributed by atoms with Crippen molar-refractivity contribution in [3.63, 3.8) is 0 Å². The van der Waals surface area contributed by atoms with Gasteiger partial charge in [0.15, 0.2) is 0 Å². The number of rotatable bonds is 5. The minimum atomic E-state index is -0.367. The predicted molar refractivity (Wildman–Crippen MR) is 73.1 cm³/mol. The fourth-order valence-electron chi connectivity index (χ4n) is 1.46. The van der Waals surface area contributed by atoms with E-state index in [0.29, 0.717) is 18.5 Å². The third kappa shape index (κ3) is 5.70. The normalized spacial score (nSPS) is 9.32. The molecule has 0 bridgehead atoms. The van der Waals surface area contributed by atoms with E-state index in [1.807, 2.05) is 6.07 Å². The monoisotopic (exact) mass is 259 g/mol. The van der Waals surface area contributed by atoms with Gasteiger partial charge in [0.05, 0.1) is 6.54 Å². The lowest BCUT2D eigenvalue weighted by molar-refractivity contribution is -0.118. The molecule has 0 atom stereocenters. The highest BCUT2D eigenvalue weighted by atomic mass is 16.2. The summed E-state index contributed by atoms with van der Waals surface area (Å²) >= 11 is 0. The number of hydrogen-bond acceptors (Lipinski definition) is 3. The van der Waals surface area contributed by atoms with E-state index in [2.05, 4.69) is 17.2 Å². The van der Waals surface area contributed by atoms with Crippen LogP contribution >= 0.6 is 0 Å². The Hall–Kier alpha value is -2.32. The summed E-state index contributed by atoms with van der Waals surface area (Å²) in [4.78, 5) is 22.4. The zero-order chi connectivity index (χ0) is 14.1. The molecule has 5 nitrogen and oxygen atoms in total. The molecule has 0 heterocycles. The summed E-state index contributed by atoms with van der Waals surface area (Å²) in [5.74, 6) is 5.03.